The van der Waals surface area contributed by atoms with E-state index < -0.39 is 12.0 Å². The first-order valence-electron chi connectivity index (χ1n) is 5.86. The van der Waals surface area contributed by atoms with Crippen molar-refractivity contribution in [1.29, 1.82) is 0 Å². The van der Waals surface area contributed by atoms with E-state index in [0.29, 0.717) is 6.54 Å². The third-order valence-electron chi connectivity index (χ3n) is 2.86. The van der Waals surface area contributed by atoms with Crippen molar-refractivity contribution >= 4 is 21.9 Å². The summed E-state index contributed by atoms with van der Waals surface area (Å²) < 4.78 is 1.10. The summed E-state index contributed by atoms with van der Waals surface area (Å²) in [5.74, 6) is -0.815. The molecular formula is C13H19BrN2O2. The van der Waals surface area contributed by atoms with E-state index in [1.165, 1.54) is 5.56 Å². The molecule has 100 valence electrons. The molecule has 0 aromatic heterocycles. The summed E-state index contributed by atoms with van der Waals surface area (Å²) >= 11 is 3.51. The number of rotatable bonds is 7. The van der Waals surface area contributed by atoms with Crippen molar-refractivity contribution in [1.82, 2.24) is 10.2 Å². The maximum Gasteiger partial charge on any atom is 0.322 e. The average molecular weight is 315 g/mol. The molecule has 0 saturated heterocycles. The molecule has 1 rings (SSSR count). The number of nitrogens with zero attached hydrogens (tertiary/aromatic N) is 1. The van der Waals surface area contributed by atoms with Gasteiger partial charge in [0.2, 0.25) is 0 Å². The predicted molar refractivity (Wildman–Crippen MR) is 75.8 cm³/mol. The lowest BCUT2D eigenvalue weighted by atomic mass is 10.1. The second-order valence-electron chi connectivity index (χ2n) is 4.28. The van der Waals surface area contributed by atoms with Gasteiger partial charge >= 0.3 is 5.97 Å². The fraction of sp³-hybridized carbons (Fsp3) is 0.462. The Bertz CT molecular complexity index is 398. The maximum atomic E-state index is 10.9. The second-order valence-corrected chi connectivity index (χ2v) is 5.14. The Balaban J connectivity index is 2.44. The Hall–Kier alpha value is -0.910. The number of carbonyl (C=O) groups is 1. The lowest BCUT2D eigenvalue weighted by Crippen LogP contribution is -2.43. The van der Waals surface area contributed by atoms with Crippen LogP contribution in [0, 0.1) is 0 Å². The van der Waals surface area contributed by atoms with Crippen LogP contribution in [-0.2, 0) is 11.2 Å². The van der Waals surface area contributed by atoms with Crippen LogP contribution in [0.2, 0.25) is 0 Å². The summed E-state index contributed by atoms with van der Waals surface area (Å²) in [5, 5.41) is 11.7. The number of aliphatic carboxylic acids is 1. The lowest BCUT2D eigenvalue weighted by molar-refractivity contribution is -0.139. The number of benzene rings is 1. The zero-order valence-electron chi connectivity index (χ0n) is 10.7. The molecule has 0 saturated carbocycles. The van der Waals surface area contributed by atoms with E-state index in [-0.39, 0.29) is 0 Å². The molecule has 0 aliphatic rings. The Morgan fingerprint density at radius 2 is 2.17 bits per heavy atom. The van der Waals surface area contributed by atoms with Crippen LogP contribution in [0.25, 0.3) is 0 Å². The van der Waals surface area contributed by atoms with Gasteiger partial charge in [0.25, 0.3) is 0 Å². The van der Waals surface area contributed by atoms with Gasteiger partial charge in [-0.05, 0) is 32.1 Å². The number of nitrogens with one attached hydrogen (secondary N) is 1. The minimum absolute atomic E-state index is 0.496. The molecule has 0 bridgehead atoms. The van der Waals surface area contributed by atoms with Crippen LogP contribution >= 0.6 is 15.9 Å². The molecule has 0 fully saturated rings. The number of likely N-dealkylation sites (N-methyl/N-ethyl adjacent to an activating group) is 2. The second kappa shape index (κ2) is 7.51. The highest BCUT2D eigenvalue weighted by Gasteiger charge is 2.16. The first-order valence-corrected chi connectivity index (χ1v) is 6.66. The van der Waals surface area contributed by atoms with Crippen molar-refractivity contribution in [3.63, 3.8) is 0 Å². The first kappa shape index (κ1) is 15.1. The summed E-state index contributed by atoms with van der Waals surface area (Å²) in [4.78, 5) is 12.9. The van der Waals surface area contributed by atoms with Crippen molar-refractivity contribution in [2.75, 3.05) is 27.2 Å². The van der Waals surface area contributed by atoms with Gasteiger partial charge < -0.3 is 15.3 Å². The predicted octanol–water partition coefficient (Wildman–Crippen LogP) is 1.60. The Kier molecular flexibility index (Phi) is 6.32. The molecule has 0 amide bonds. The van der Waals surface area contributed by atoms with E-state index >= 15 is 0 Å². The molecule has 1 aromatic rings. The van der Waals surface area contributed by atoms with E-state index in [0.717, 1.165) is 17.4 Å². The molecule has 4 nitrogen and oxygen atoms in total. The van der Waals surface area contributed by atoms with E-state index in [4.69, 9.17) is 5.11 Å². The maximum absolute atomic E-state index is 10.9. The van der Waals surface area contributed by atoms with Gasteiger partial charge in [0.1, 0.15) is 6.04 Å². The van der Waals surface area contributed by atoms with Crippen LogP contribution in [0.3, 0.4) is 0 Å². The van der Waals surface area contributed by atoms with Crippen LogP contribution in [0.1, 0.15) is 5.56 Å². The van der Waals surface area contributed by atoms with Gasteiger partial charge in [-0.2, -0.15) is 0 Å². The molecule has 5 heteroatoms. The SMILES string of the molecule is CNC(CN(C)CCc1ccccc1Br)C(=O)O. The molecule has 0 aliphatic carbocycles. The van der Waals surface area contributed by atoms with Crippen molar-refractivity contribution in [2.45, 2.75) is 12.5 Å². The van der Waals surface area contributed by atoms with Crippen LogP contribution in [0.5, 0.6) is 0 Å². The van der Waals surface area contributed by atoms with Gasteiger partial charge in [0, 0.05) is 17.6 Å². The summed E-state index contributed by atoms with van der Waals surface area (Å²) in [6.45, 7) is 1.32. The normalized spacial score (nSPS) is 12.7. The molecule has 1 atom stereocenters. The van der Waals surface area contributed by atoms with Gasteiger partial charge in [0.15, 0.2) is 0 Å². The molecular weight excluding hydrogens is 296 g/mol. The minimum atomic E-state index is -0.815. The molecule has 0 aliphatic heterocycles. The monoisotopic (exact) mass is 314 g/mol. The Morgan fingerprint density at radius 3 is 2.72 bits per heavy atom. The molecule has 2 N–H and O–H groups in total. The van der Waals surface area contributed by atoms with E-state index in [1.54, 1.807) is 7.05 Å². The molecule has 18 heavy (non-hydrogen) atoms. The van der Waals surface area contributed by atoms with E-state index in [2.05, 4.69) is 27.3 Å². The lowest BCUT2D eigenvalue weighted by Gasteiger charge is -2.21. The van der Waals surface area contributed by atoms with Crippen molar-refractivity contribution in [2.24, 2.45) is 0 Å². The highest BCUT2D eigenvalue weighted by molar-refractivity contribution is 9.10. The fourth-order valence-corrected chi connectivity index (χ4v) is 2.19. The molecule has 1 aromatic carbocycles. The van der Waals surface area contributed by atoms with Gasteiger partial charge in [-0.1, -0.05) is 34.1 Å². The number of halogens is 1. The Morgan fingerprint density at radius 1 is 1.50 bits per heavy atom. The smallest absolute Gasteiger partial charge is 0.322 e. The zero-order chi connectivity index (χ0) is 13.5. The van der Waals surface area contributed by atoms with E-state index in [1.807, 2.05) is 30.1 Å². The quantitative estimate of drug-likeness (QED) is 0.802. The van der Waals surface area contributed by atoms with E-state index in [9.17, 15) is 4.79 Å². The number of hydrogen-bond acceptors (Lipinski definition) is 3. The average Bonchev–Trinajstić information content (AvgIpc) is 2.34. The van der Waals surface area contributed by atoms with Gasteiger partial charge in [0.05, 0.1) is 0 Å². The van der Waals surface area contributed by atoms with Crippen molar-refractivity contribution < 1.29 is 9.90 Å². The Labute approximate surface area is 116 Å². The van der Waals surface area contributed by atoms with Crippen LogP contribution in [0.4, 0.5) is 0 Å². The topological polar surface area (TPSA) is 52.6 Å². The highest BCUT2D eigenvalue weighted by atomic mass is 79.9. The third kappa shape index (κ3) is 4.76. The minimum Gasteiger partial charge on any atom is -0.480 e. The van der Waals surface area contributed by atoms with Crippen molar-refractivity contribution in [3.8, 4) is 0 Å². The standard InChI is InChI=1S/C13H19BrN2O2/c1-15-12(13(17)18)9-16(2)8-7-10-5-3-4-6-11(10)14/h3-6,12,15H,7-9H2,1-2H3,(H,17,18). The van der Waals surface area contributed by atoms with Gasteiger partial charge in [-0.3, -0.25) is 4.79 Å². The summed E-state index contributed by atoms with van der Waals surface area (Å²) in [7, 11) is 3.60. The summed E-state index contributed by atoms with van der Waals surface area (Å²) in [6.07, 6.45) is 0.897. The number of hydrogen-bond donors (Lipinski definition) is 2. The third-order valence-corrected chi connectivity index (χ3v) is 3.64. The number of carboxylic acids is 1. The molecule has 0 radical (unpaired) electrons. The van der Waals surface area contributed by atoms with Crippen LogP contribution < -0.4 is 5.32 Å². The number of carboxylic acid groups (broad SMARTS) is 1. The summed E-state index contributed by atoms with van der Waals surface area (Å²) in [5.41, 5.74) is 1.24. The fourth-order valence-electron chi connectivity index (χ4n) is 1.71. The largest absolute Gasteiger partial charge is 0.480 e. The first-order chi connectivity index (χ1) is 8.54. The zero-order valence-corrected chi connectivity index (χ0v) is 12.3. The van der Waals surface area contributed by atoms with Crippen LogP contribution in [0.15, 0.2) is 28.7 Å². The van der Waals surface area contributed by atoms with Gasteiger partial charge in [-0.25, -0.2) is 0 Å². The summed E-state index contributed by atoms with van der Waals surface area (Å²) in [6, 6.07) is 7.56. The molecule has 0 heterocycles. The van der Waals surface area contributed by atoms with Gasteiger partial charge in [-0.15, -0.1) is 0 Å². The molecule has 0 spiro atoms. The highest BCUT2D eigenvalue weighted by Crippen LogP contribution is 2.16. The van der Waals surface area contributed by atoms with Crippen molar-refractivity contribution in [3.05, 3.63) is 34.3 Å². The molecule has 1 unspecified atom stereocenters. The van der Waals surface area contributed by atoms with Crippen LogP contribution in [-0.4, -0.2) is 49.2 Å².